The number of piperidine rings is 1. The largest absolute Gasteiger partial charge is 0.433 e. The molecule has 0 bridgehead atoms. The summed E-state index contributed by atoms with van der Waals surface area (Å²) in [5.41, 5.74) is 5.81. The van der Waals surface area contributed by atoms with E-state index in [9.17, 15) is 23.1 Å². The number of aliphatic hydroxyl groups is 1. The van der Waals surface area contributed by atoms with Gasteiger partial charge in [-0.25, -0.2) is 19.9 Å². The van der Waals surface area contributed by atoms with Crippen LogP contribution < -0.4 is 16.0 Å². The molecule has 0 atom stereocenters. The lowest BCUT2D eigenvalue weighted by atomic mass is 9.92. The van der Waals surface area contributed by atoms with Crippen molar-refractivity contribution < 1.29 is 23.1 Å². The molecular weight excluding hydrogens is 531 g/mol. The van der Waals surface area contributed by atoms with Crippen LogP contribution in [0.25, 0.3) is 10.4 Å². The zero-order valence-electron chi connectivity index (χ0n) is 20.7. The zero-order valence-corrected chi connectivity index (χ0v) is 21.6. The summed E-state index contributed by atoms with van der Waals surface area (Å²) in [4.78, 5) is 30.8. The maximum atomic E-state index is 13.0. The number of nitrogens with two attached hydrogens (primary N) is 1. The number of carbonyl (C=O) groups excluding carboxylic acids is 1. The van der Waals surface area contributed by atoms with Gasteiger partial charge in [0.25, 0.3) is 5.91 Å². The fourth-order valence-corrected chi connectivity index (χ4v) is 5.52. The Balaban J connectivity index is 1.33. The molecule has 0 aliphatic carbocycles. The third-order valence-electron chi connectivity index (χ3n) is 6.41. The Hall–Kier alpha value is -4.10. The molecule has 0 unspecified atom stereocenters. The van der Waals surface area contributed by atoms with E-state index in [4.69, 9.17) is 5.73 Å². The number of rotatable bonds is 6. The lowest BCUT2D eigenvalue weighted by molar-refractivity contribution is -0.141. The Labute approximate surface area is 225 Å². The van der Waals surface area contributed by atoms with E-state index in [0.29, 0.717) is 48.0 Å². The molecule has 1 saturated heterocycles. The molecule has 4 heterocycles. The lowest BCUT2D eigenvalue weighted by Gasteiger charge is -2.38. The van der Waals surface area contributed by atoms with Gasteiger partial charge in [0.2, 0.25) is 5.95 Å². The van der Waals surface area contributed by atoms with Gasteiger partial charge in [0.1, 0.15) is 22.1 Å². The maximum Gasteiger partial charge on any atom is 0.433 e. The van der Waals surface area contributed by atoms with Gasteiger partial charge in [0.15, 0.2) is 0 Å². The summed E-state index contributed by atoms with van der Waals surface area (Å²) in [6.07, 6.45) is 0.505. The van der Waals surface area contributed by atoms with E-state index in [1.54, 1.807) is 36.7 Å². The molecule has 5 rings (SSSR count). The second-order valence-electron chi connectivity index (χ2n) is 9.26. The summed E-state index contributed by atoms with van der Waals surface area (Å²) in [7, 11) is 0. The smallest absolute Gasteiger partial charge is 0.383 e. The van der Waals surface area contributed by atoms with Crippen LogP contribution >= 0.6 is 11.3 Å². The van der Waals surface area contributed by atoms with Gasteiger partial charge >= 0.3 is 6.18 Å². The number of anilines is 3. The van der Waals surface area contributed by atoms with E-state index in [1.807, 2.05) is 17.9 Å². The zero-order chi connectivity index (χ0) is 27.8. The number of benzene rings is 1. The molecule has 9 nitrogen and oxygen atoms in total. The number of carbonyl (C=O) groups is 1. The van der Waals surface area contributed by atoms with Crippen LogP contribution in [-0.2, 0) is 11.8 Å². The van der Waals surface area contributed by atoms with E-state index >= 15 is 0 Å². The quantitative estimate of drug-likeness (QED) is 0.313. The Bertz CT molecular complexity index is 1520. The first kappa shape index (κ1) is 26.5. The van der Waals surface area contributed by atoms with Gasteiger partial charge in [-0.3, -0.25) is 4.79 Å². The molecule has 1 amide bonds. The minimum atomic E-state index is -4.58. The lowest BCUT2D eigenvalue weighted by Crippen LogP contribution is -2.43. The third-order valence-corrected chi connectivity index (χ3v) is 7.65. The van der Waals surface area contributed by atoms with Crippen molar-refractivity contribution in [2.24, 2.45) is 5.73 Å². The topological polar surface area (TPSA) is 130 Å². The number of aryl methyl sites for hydroxylation is 1. The molecule has 3 aromatic heterocycles. The first-order chi connectivity index (χ1) is 18.5. The van der Waals surface area contributed by atoms with E-state index in [0.717, 1.165) is 28.3 Å². The van der Waals surface area contributed by atoms with Crippen molar-refractivity contribution in [3.8, 4) is 10.4 Å². The van der Waals surface area contributed by atoms with Crippen molar-refractivity contribution >= 4 is 34.7 Å². The highest BCUT2D eigenvalue weighted by Crippen LogP contribution is 2.40. The SMILES string of the molecule is Cc1cc(Nc2nccc(C(F)(F)F)n2)cc(-c2cnc(C3(O)CCN(c4ncccc4C(N)=O)CC3)s2)c1. The average Bonchev–Trinajstić information content (AvgIpc) is 3.40. The fraction of sp³-hybridized carbons (Fsp3) is 0.269. The predicted molar refractivity (Wildman–Crippen MR) is 141 cm³/mol. The molecule has 4 N–H and O–H groups in total. The highest BCUT2D eigenvalue weighted by molar-refractivity contribution is 7.15. The number of primary amides is 1. The van der Waals surface area contributed by atoms with Crippen molar-refractivity contribution in [2.75, 3.05) is 23.3 Å². The molecule has 39 heavy (non-hydrogen) atoms. The van der Waals surface area contributed by atoms with E-state index in [2.05, 4.69) is 25.3 Å². The predicted octanol–water partition coefficient (Wildman–Crippen LogP) is 4.65. The highest BCUT2D eigenvalue weighted by Gasteiger charge is 2.38. The van der Waals surface area contributed by atoms with Gasteiger partial charge in [-0.1, -0.05) is 6.07 Å². The van der Waals surface area contributed by atoms with Crippen LogP contribution in [0.3, 0.4) is 0 Å². The first-order valence-corrected chi connectivity index (χ1v) is 12.8. The molecule has 202 valence electrons. The third kappa shape index (κ3) is 5.68. The Morgan fingerprint density at radius 2 is 1.90 bits per heavy atom. The minimum absolute atomic E-state index is 0.167. The molecule has 1 aromatic carbocycles. The molecule has 0 radical (unpaired) electrons. The number of amides is 1. The van der Waals surface area contributed by atoms with Crippen LogP contribution in [0, 0.1) is 6.92 Å². The van der Waals surface area contributed by atoms with Crippen LogP contribution in [-0.4, -0.2) is 44.0 Å². The number of thiazole rings is 1. The van der Waals surface area contributed by atoms with Crippen LogP contribution in [0.5, 0.6) is 0 Å². The van der Waals surface area contributed by atoms with Gasteiger partial charge in [0.05, 0.1) is 10.4 Å². The number of nitrogens with zero attached hydrogens (tertiary/aromatic N) is 5. The van der Waals surface area contributed by atoms with Gasteiger partial charge < -0.3 is 21.1 Å². The molecule has 4 aromatic rings. The van der Waals surface area contributed by atoms with Gasteiger partial charge in [-0.05, 0) is 48.4 Å². The molecule has 1 fully saturated rings. The average molecular weight is 556 g/mol. The molecular formula is C26H24F3N7O2S. The van der Waals surface area contributed by atoms with Gasteiger partial charge in [-0.2, -0.15) is 13.2 Å². The molecule has 0 spiro atoms. The van der Waals surface area contributed by atoms with Crippen molar-refractivity contribution in [3.05, 3.63) is 76.8 Å². The standard InChI is InChI=1S/C26H24F3N7O2S/c1-15-11-16(13-17(12-15)34-24-32-8-4-20(35-24)26(27,28)29)19-14-33-23(39-19)25(38)5-9-36(10-6-25)22-18(21(30)37)3-2-7-31-22/h2-4,7-8,11-14,38H,5-6,9-10H2,1H3,(H2,30,37)(H,32,34,35). The summed E-state index contributed by atoms with van der Waals surface area (Å²) >= 11 is 1.35. The molecule has 13 heteroatoms. The number of aromatic nitrogens is 4. The van der Waals surface area contributed by atoms with E-state index < -0.39 is 23.4 Å². The normalized spacial score (nSPS) is 15.3. The molecule has 0 saturated carbocycles. The van der Waals surface area contributed by atoms with Crippen molar-refractivity contribution in [2.45, 2.75) is 31.5 Å². The summed E-state index contributed by atoms with van der Waals surface area (Å²) in [6.45, 7) is 2.78. The summed E-state index contributed by atoms with van der Waals surface area (Å²) in [6, 6.07) is 9.56. The van der Waals surface area contributed by atoms with E-state index in [-0.39, 0.29) is 5.95 Å². The number of alkyl halides is 3. The van der Waals surface area contributed by atoms with Gasteiger partial charge in [-0.15, -0.1) is 11.3 Å². The number of nitrogens with one attached hydrogen (secondary N) is 1. The fourth-order valence-electron chi connectivity index (χ4n) is 4.47. The van der Waals surface area contributed by atoms with Crippen LogP contribution in [0.4, 0.5) is 30.6 Å². The Morgan fingerprint density at radius 1 is 1.13 bits per heavy atom. The van der Waals surface area contributed by atoms with Crippen molar-refractivity contribution in [1.29, 1.82) is 0 Å². The van der Waals surface area contributed by atoms with Crippen LogP contribution in [0.15, 0.2) is 55.0 Å². The van der Waals surface area contributed by atoms with Crippen molar-refractivity contribution in [3.63, 3.8) is 0 Å². The number of halogens is 3. The van der Waals surface area contributed by atoms with E-state index in [1.165, 1.54) is 11.3 Å². The molecule has 1 aliphatic heterocycles. The minimum Gasteiger partial charge on any atom is -0.383 e. The second-order valence-corrected chi connectivity index (χ2v) is 10.3. The number of hydrogen-bond acceptors (Lipinski definition) is 9. The van der Waals surface area contributed by atoms with Crippen molar-refractivity contribution in [1.82, 2.24) is 19.9 Å². The molecule has 1 aliphatic rings. The Morgan fingerprint density at radius 3 is 2.62 bits per heavy atom. The summed E-state index contributed by atoms with van der Waals surface area (Å²) in [5.74, 6) is -0.230. The second kappa shape index (κ2) is 10.2. The maximum absolute atomic E-state index is 13.0. The number of pyridine rings is 1. The van der Waals surface area contributed by atoms with Crippen LogP contribution in [0.2, 0.25) is 0 Å². The Kier molecular flexibility index (Phi) is 6.95. The first-order valence-electron chi connectivity index (χ1n) is 12.0. The number of hydrogen-bond donors (Lipinski definition) is 3. The summed E-state index contributed by atoms with van der Waals surface area (Å²) < 4.78 is 39.1. The van der Waals surface area contributed by atoms with Gasteiger partial charge in [0, 0.05) is 50.2 Å². The van der Waals surface area contributed by atoms with Crippen LogP contribution in [0.1, 0.15) is 39.5 Å². The highest BCUT2D eigenvalue weighted by atomic mass is 32.1. The monoisotopic (exact) mass is 555 g/mol. The summed E-state index contributed by atoms with van der Waals surface area (Å²) in [5, 5.41) is 14.8.